The zero-order chi connectivity index (χ0) is 24.1. The first-order chi connectivity index (χ1) is 16.6. The summed E-state index contributed by atoms with van der Waals surface area (Å²) in [6.45, 7) is 2.49. The van der Waals surface area contributed by atoms with Crippen LogP contribution in [-0.4, -0.2) is 52.9 Å². The van der Waals surface area contributed by atoms with E-state index in [2.05, 4.69) is 15.3 Å². The molecule has 1 atom stereocenters. The third kappa shape index (κ3) is 4.53. The number of H-pyrrole nitrogens is 1. The van der Waals surface area contributed by atoms with Crippen LogP contribution in [0.25, 0.3) is 16.9 Å². The monoisotopic (exact) mass is 464 g/mol. The van der Waals surface area contributed by atoms with E-state index in [1.165, 1.54) is 0 Å². The summed E-state index contributed by atoms with van der Waals surface area (Å²) >= 11 is 0. The second kappa shape index (κ2) is 10.3. The molecule has 0 aliphatic heterocycles. The number of fused-ring (bicyclic) bond motifs is 1. The van der Waals surface area contributed by atoms with Crippen molar-refractivity contribution in [1.29, 1.82) is 0 Å². The van der Waals surface area contributed by atoms with Crippen LogP contribution < -0.4 is 20.5 Å². The number of esters is 1. The number of aromatic amines is 1. The number of hydrogen-bond acceptors (Lipinski definition) is 8. The number of nitrogens with one attached hydrogen (secondary N) is 2. The van der Waals surface area contributed by atoms with E-state index < -0.39 is 5.97 Å². The van der Waals surface area contributed by atoms with Crippen molar-refractivity contribution in [3.63, 3.8) is 0 Å². The second-order valence-electron chi connectivity index (χ2n) is 7.52. The summed E-state index contributed by atoms with van der Waals surface area (Å²) < 4.78 is 17.9. The topological polar surface area (TPSA) is 129 Å². The van der Waals surface area contributed by atoms with Gasteiger partial charge in [0.1, 0.15) is 23.5 Å². The SMILES string of the molecule is CCOC(=O)c1ccc(-n2cnc3cc(OC)c(OC)cc32)nc1NC(CCN)c1cc[nH]c1. The molecule has 4 rings (SSSR count). The van der Waals surface area contributed by atoms with E-state index in [4.69, 9.17) is 24.9 Å². The first-order valence-electron chi connectivity index (χ1n) is 11.0. The Morgan fingerprint density at radius 2 is 2.00 bits per heavy atom. The summed E-state index contributed by atoms with van der Waals surface area (Å²) in [5.74, 6) is 1.69. The first kappa shape index (κ1) is 23.1. The third-order valence-electron chi connectivity index (χ3n) is 5.47. The molecule has 1 unspecified atom stereocenters. The number of carbonyl (C=O) groups is 1. The summed E-state index contributed by atoms with van der Waals surface area (Å²) in [5.41, 5.74) is 8.71. The van der Waals surface area contributed by atoms with E-state index in [1.54, 1.807) is 45.7 Å². The average Bonchev–Trinajstić information content (AvgIpc) is 3.53. The molecule has 178 valence electrons. The lowest BCUT2D eigenvalue weighted by atomic mass is 10.1. The molecule has 0 spiro atoms. The number of aromatic nitrogens is 4. The van der Waals surface area contributed by atoms with Crippen LogP contribution in [0.2, 0.25) is 0 Å². The molecule has 1 aromatic carbocycles. The largest absolute Gasteiger partial charge is 0.493 e. The maximum atomic E-state index is 12.7. The molecule has 3 heterocycles. The molecule has 3 aromatic heterocycles. The minimum atomic E-state index is -0.452. The summed E-state index contributed by atoms with van der Waals surface area (Å²) in [4.78, 5) is 25.0. The molecular formula is C24H28N6O4. The van der Waals surface area contributed by atoms with E-state index in [-0.39, 0.29) is 12.6 Å². The fourth-order valence-corrected chi connectivity index (χ4v) is 3.79. The third-order valence-corrected chi connectivity index (χ3v) is 5.47. The molecule has 0 radical (unpaired) electrons. The molecule has 0 bridgehead atoms. The summed E-state index contributed by atoms with van der Waals surface area (Å²) in [6.07, 6.45) is 6.06. The van der Waals surface area contributed by atoms with Crippen molar-refractivity contribution in [2.75, 3.05) is 32.7 Å². The number of pyridine rings is 1. The highest BCUT2D eigenvalue weighted by Gasteiger charge is 2.21. The lowest BCUT2D eigenvalue weighted by Crippen LogP contribution is -2.19. The summed E-state index contributed by atoms with van der Waals surface area (Å²) in [5, 5.41) is 3.39. The van der Waals surface area contributed by atoms with E-state index in [1.807, 2.05) is 29.1 Å². The summed E-state index contributed by atoms with van der Waals surface area (Å²) in [6, 6.07) is 8.92. The lowest BCUT2D eigenvalue weighted by Gasteiger charge is -2.20. The molecule has 34 heavy (non-hydrogen) atoms. The number of hydrogen-bond donors (Lipinski definition) is 3. The van der Waals surface area contributed by atoms with E-state index in [9.17, 15) is 4.79 Å². The van der Waals surface area contributed by atoms with Crippen LogP contribution in [0.15, 0.2) is 49.1 Å². The Labute approximate surface area is 197 Å². The van der Waals surface area contributed by atoms with Crippen LogP contribution in [0, 0.1) is 0 Å². The smallest absolute Gasteiger partial charge is 0.341 e. The number of methoxy groups -OCH3 is 2. The van der Waals surface area contributed by atoms with Crippen LogP contribution in [0.4, 0.5) is 5.82 Å². The fourth-order valence-electron chi connectivity index (χ4n) is 3.79. The highest BCUT2D eigenvalue weighted by Crippen LogP contribution is 2.33. The average molecular weight is 465 g/mol. The molecule has 0 aliphatic carbocycles. The summed E-state index contributed by atoms with van der Waals surface area (Å²) in [7, 11) is 3.16. The number of carbonyl (C=O) groups excluding carboxylic acids is 1. The molecule has 0 aliphatic rings. The highest BCUT2D eigenvalue weighted by molar-refractivity contribution is 5.95. The van der Waals surface area contributed by atoms with Crippen molar-refractivity contribution >= 4 is 22.8 Å². The Kier molecular flexibility index (Phi) is 6.98. The minimum Gasteiger partial charge on any atom is -0.493 e. The van der Waals surface area contributed by atoms with Gasteiger partial charge in [-0.1, -0.05) is 0 Å². The molecule has 10 heteroatoms. The van der Waals surface area contributed by atoms with Crippen molar-refractivity contribution in [2.45, 2.75) is 19.4 Å². The van der Waals surface area contributed by atoms with Gasteiger partial charge in [0.15, 0.2) is 11.5 Å². The normalized spacial score (nSPS) is 11.9. The number of nitrogens with two attached hydrogens (primary N) is 1. The molecule has 0 amide bonds. The maximum Gasteiger partial charge on any atom is 0.341 e. The quantitative estimate of drug-likeness (QED) is 0.304. The van der Waals surface area contributed by atoms with Crippen molar-refractivity contribution < 1.29 is 19.0 Å². The van der Waals surface area contributed by atoms with Gasteiger partial charge in [-0.15, -0.1) is 0 Å². The predicted molar refractivity (Wildman–Crippen MR) is 129 cm³/mol. The van der Waals surface area contributed by atoms with Gasteiger partial charge < -0.3 is 30.2 Å². The maximum absolute atomic E-state index is 12.7. The molecule has 10 nitrogen and oxygen atoms in total. The Morgan fingerprint density at radius 1 is 1.21 bits per heavy atom. The van der Waals surface area contributed by atoms with Crippen LogP contribution in [0.5, 0.6) is 11.5 Å². The van der Waals surface area contributed by atoms with Crippen LogP contribution in [0.1, 0.15) is 35.3 Å². The lowest BCUT2D eigenvalue weighted by molar-refractivity contribution is 0.0527. The number of nitrogens with zero attached hydrogens (tertiary/aromatic N) is 3. The number of anilines is 1. The minimum absolute atomic E-state index is 0.143. The Bertz CT molecular complexity index is 1270. The zero-order valence-corrected chi connectivity index (χ0v) is 19.4. The molecule has 4 aromatic rings. The van der Waals surface area contributed by atoms with Gasteiger partial charge in [-0.2, -0.15) is 0 Å². The molecule has 0 fully saturated rings. The van der Waals surface area contributed by atoms with E-state index in [0.29, 0.717) is 41.7 Å². The van der Waals surface area contributed by atoms with Gasteiger partial charge >= 0.3 is 5.97 Å². The van der Waals surface area contributed by atoms with Crippen molar-refractivity contribution in [2.24, 2.45) is 5.73 Å². The van der Waals surface area contributed by atoms with Crippen LogP contribution >= 0.6 is 0 Å². The second-order valence-corrected chi connectivity index (χ2v) is 7.52. The zero-order valence-electron chi connectivity index (χ0n) is 19.4. The van der Waals surface area contributed by atoms with Gasteiger partial charge in [0.2, 0.25) is 0 Å². The Hall–Kier alpha value is -4.05. The molecule has 0 saturated carbocycles. The highest BCUT2D eigenvalue weighted by atomic mass is 16.5. The van der Waals surface area contributed by atoms with Crippen LogP contribution in [-0.2, 0) is 4.74 Å². The standard InChI is InChI=1S/C24H28N6O4/c1-4-34-24(31)16-5-6-22(29-23(16)28-17(7-9-25)15-8-10-26-13-15)30-14-27-18-11-20(32-2)21(33-3)12-19(18)30/h5-6,8,10-14,17,26H,4,7,9,25H2,1-3H3,(H,28,29). The molecule has 0 saturated heterocycles. The van der Waals surface area contributed by atoms with Gasteiger partial charge in [-0.05, 0) is 43.7 Å². The van der Waals surface area contributed by atoms with Crippen molar-refractivity contribution in [1.82, 2.24) is 19.5 Å². The molecule has 4 N–H and O–H groups in total. The van der Waals surface area contributed by atoms with Crippen molar-refractivity contribution in [3.8, 4) is 17.3 Å². The van der Waals surface area contributed by atoms with E-state index >= 15 is 0 Å². The number of ether oxygens (including phenoxy) is 3. The fraction of sp³-hybridized carbons (Fsp3) is 0.292. The van der Waals surface area contributed by atoms with Crippen LogP contribution in [0.3, 0.4) is 0 Å². The molecular weight excluding hydrogens is 436 g/mol. The van der Waals surface area contributed by atoms with Crippen molar-refractivity contribution in [3.05, 3.63) is 60.2 Å². The first-order valence-corrected chi connectivity index (χ1v) is 11.0. The Balaban J connectivity index is 1.80. The van der Waals surface area contributed by atoms with Gasteiger partial charge in [-0.25, -0.2) is 14.8 Å². The van der Waals surface area contributed by atoms with Gasteiger partial charge in [-0.3, -0.25) is 4.57 Å². The van der Waals surface area contributed by atoms with Gasteiger partial charge in [0, 0.05) is 24.5 Å². The predicted octanol–water partition coefficient (Wildman–Crippen LogP) is 3.44. The van der Waals surface area contributed by atoms with Gasteiger partial charge in [0.05, 0.1) is 37.9 Å². The number of rotatable bonds is 10. The van der Waals surface area contributed by atoms with Gasteiger partial charge in [0.25, 0.3) is 0 Å². The Morgan fingerprint density at radius 3 is 2.68 bits per heavy atom. The number of imidazole rings is 1. The van der Waals surface area contributed by atoms with E-state index in [0.717, 1.165) is 16.6 Å². The number of benzene rings is 1.